The number of hydrogen-bond donors (Lipinski definition) is 4. The molecule has 1 aliphatic rings. The van der Waals surface area contributed by atoms with Crippen LogP contribution in [0.2, 0.25) is 0 Å². The van der Waals surface area contributed by atoms with Gasteiger partial charge in [0.15, 0.2) is 10.9 Å². The van der Waals surface area contributed by atoms with Gasteiger partial charge in [-0.2, -0.15) is 5.06 Å². The minimum Gasteiger partial charge on any atom is -0.317 e. The number of alkyl halides is 1. The summed E-state index contributed by atoms with van der Waals surface area (Å²) in [5.74, 6) is 0.0479. The molecule has 1 aromatic heterocycles. The molecule has 4 N–H and O–H groups in total. The van der Waals surface area contributed by atoms with E-state index in [2.05, 4.69) is 25.9 Å². The first-order valence-electron chi connectivity index (χ1n) is 3.94. The quantitative estimate of drug-likeness (QED) is 0.279. The highest BCUT2D eigenvalue weighted by atomic mass is 79.9. The van der Waals surface area contributed by atoms with Gasteiger partial charge in [0.05, 0.1) is 12.2 Å². The number of fused-ring (bicyclic) bond motifs is 1. The number of anilines is 1. The van der Waals surface area contributed by atoms with Crippen LogP contribution >= 0.6 is 15.9 Å². The maximum absolute atomic E-state index is 11.0. The van der Waals surface area contributed by atoms with E-state index in [1.807, 2.05) is 0 Å². The predicted octanol–water partition coefficient (Wildman–Crippen LogP) is -0.858. The lowest BCUT2D eigenvalue weighted by atomic mass is 10.3. The molecule has 0 saturated heterocycles. The number of nitrogens with one attached hydrogen (secondary N) is 2. The van der Waals surface area contributed by atoms with Gasteiger partial charge in [-0.1, -0.05) is 0 Å². The number of halogens is 1. The molecule has 82 valence electrons. The Hall–Kier alpha value is -1.16. The van der Waals surface area contributed by atoms with Crippen LogP contribution in [0.1, 0.15) is 5.69 Å². The van der Waals surface area contributed by atoms with Crippen molar-refractivity contribution in [2.24, 2.45) is 0 Å². The second kappa shape index (κ2) is 3.45. The van der Waals surface area contributed by atoms with Gasteiger partial charge in [-0.3, -0.25) is 14.8 Å². The van der Waals surface area contributed by atoms with E-state index in [4.69, 9.17) is 0 Å². The topological polar surface area (TPSA) is 113 Å². The molecule has 2 rings (SSSR count). The average molecular weight is 279 g/mol. The molecule has 2 heterocycles. The average Bonchev–Trinajstić information content (AvgIpc) is 2.19. The molecule has 0 saturated carbocycles. The van der Waals surface area contributed by atoms with E-state index in [1.54, 1.807) is 0 Å². The van der Waals surface area contributed by atoms with Crippen LogP contribution in [-0.2, 0) is 6.54 Å². The lowest BCUT2D eigenvalue weighted by Crippen LogP contribution is -2.48. The third kappa shape index (κ3) is 1.59. The predicted molar refractivity (Wildman–Crippen MR) is 52.0 cm³/mol. The molecule has 1 aliphatic heterocycles. The first kappa shape index (κ1) is 10.4. The molecule has 0 amide bonds. The molecule has 1 aromatic rings. The highest BCUT2D eigenvalue weighted by Gasteiger charge is 2.30. The number of hydroxylamine groups is 3. The summed E-state index contributed by atoms with van der Waals surface area (Å²) in [4.78, 5) is 26.4. The van der Waals surface area contributed by atoms with Crippen molar-refractivity contribution in [1.29, 1.82) is 0 Å². The second-order valence-electron chi connectivity index (χ2n) is 2.99. The molecule has 0 radical (unpaired) electrons. The molecular weight excluding hydrogens is 272 g/mol. The van der Waals surface area contributed by atoms with Crippen LogP contribution in [0.25, 0.3) is 0 Å². The minimum absolute atomic E-state index is 0.0195. The van der Waals surface area contributed by atoms with Crippen molar-refractivity contribution in [2.45, 2.75) is 11.6 Å². The Kier molecular flexibility index (Phi) is 2.38. The Morgan fingerprint density at radius 2 is 1.87 bits per heavy atom. The van der Waals surface area contributed by atoms with E-state index < -0.39 is 16.2 Å². The summed E-state index contributed by atoms with van der Waals surface area (Å²) in [6.45, 7) is -0.0195. The summed E-state index contributed by atoms with van der Waals surface area (Å²) in [5.41, 5.74) is -1.47. The molecule has 15 heavy (non-hydrogen) atoms. The molecule has 0 spiro atoms. The number of rotatable bonds is 0. The van der Waals surface area contributed by atoms with E-state index in [-0.39, 0.29) is 18.1 Å². The Morgan fingerprint density at radius 3 is 2.53 bits per heavy atom. The van der Waals surface area contributed by atoms with Crippen molar-refractivity contribution in [3.05, 3.63) is 26.4 Å². The smallest absolute Gasteiger partial charge is 0.315 e. The zero-order chi connectivity index (χ0) is 11.2. The van der Waals surface area contributed by atoms with Gasteiger partial charge in [-0.05, 0) is 15.9 Å². The van der Waals surface area contributed by atoms with Crippen LogP contribution in [0.5, 0.6) is 0 Å². The highest BCUT2D eigenvalue weighted by molar-refractivity contribution is 9.09. The van der Waals surface area contributed by atoms with Crippen molar-refractivity contribution in [1.82, 2.24) is 15.0 Å². The number of aromatic amines is 2. The van der Waals surface area contributed by atoms with Crippen molar-refractivity contribution >= 4 is 21.7 Å². The highest BCUT2D eigenvalue weighted by Crippen LogP contribution is 2.25. The third-order valence-electron chi connectivity index (χ3n) is 1.99. The van der Waals surface area contributed by atoms with Gasteiger partial charge >= 0.3 is 11.1 Å². The summed E-state index contributed by atoms with van der Waals surface area (Å²) in [6.07, 6.45) is 0. The summed E-state index contributed by atoms with van der Waals surface area (Å²) in [7, 11) is 0. The van der Waals surface area contributed by atoms with Crippen LogP contribution < -0.4 is 16.2 Å². The fourth-order valence-corrected chi connectivity index (χ4v) is 1.62. The number of aromatic nitrogens is 2. The van der Waals surface area contributed by atoms with Crippen LogP contribution in [0.3, 0.4) is 0 Å². The fraction of sp³-hybridized carbons (Fsp3) is 0.333. The van der Waals surface area contributed by atoms with Crippen LogP contribution in [0.4, 0.5) is 5.82 Å². The monoisotopic (exact) mass is 278 g/mol. The number of hydrogen-bond acceptors (Lipinski definition) is 6. The van der Waals surface area contributed by atoms with E-state index in [0.717, 1.165) is 5.06 Å². The number of H-pyrrole nitrogens is 2. The fourth-order valence-electron chi connectivity index (χ4n) is 1.27. The first-order chi connectivity index (χ1) is 7.00. The Bertz CT molecular complexity index is 497. The van der Waals surface area contributed by atoms with Gasteiger partial charge in [0, 0.05) is 0 Å². The summed E-state index contributed by atoms with van der Waals surface area (Å²) >= 11 is 2.97. The lowest BCUT2D eigenvalue weighted by Gasteiger charge is -2.33. The van der Waals surface area contributed by atoms with E-state index >= 15 is 0 Å². The largest absolute Gasteiger partial charge is 0.317 e. The van der Waals surface area contributed by atoms with Gasteiger partial charge < -0.3 is 15.2 Å². The molecule has 0 aliphatic carbocycles. The standard InChI is InChI=1S/C6H7BrN4O4/c7-6-10(14)1-2-3(11(6)15)9-5(13)4(12)8-2/h6,14-15H,1H2,(H,8,12)(H,9,13). The molecule has 9 heteroatoms. The molecule has 0 fully saturated rings. The SMILES string of the molecule is O=c1[nH]c2c([nH]c1=O)N(O)C(Br)N(O)C2. The molecule has 1 atom stereocenters. The van der Waals surface area contributed by atoms with E-state index in [0.29, 0.717) is 5.06 Å². The van der Waals surface area contributed by atoms with Gasteiger partial charge in [0.25, 0.3) is 0 Å². The molecule has 0 aromatic carbocycles. The van der Waals surface area contributed by atoms with E-state index in [9.17, 15) is 20.0 Å². The van der Waals surface area contributed by atoms with Crippen LogP contribution in [-0.4, -0.2) is 30.5 Å². The molecule has 1 unspecified atom stereocenters. The van der Waals surface area contributed by atoms with Gasteiger partial charge in [-0.15, -0.1) is 0 Å². The first-order valence-corrected chi connectivity index (χ1v) is 4.85. The molecular formula is C6H7BrN4O4. The van der Waals surface area contributed by atoms with Crippen LogP contribution in [0, 0.1) is 0 Å². The Morgan fingerprint density at radius 1 is 1.27 bits per heavy atom. The third-order valence-corrected chi connectivity index (χ3v) is 2.85. The van der Waals surface area contributed by atoms with E-state index in [1.165, 1.54) is 0 Å². The molecule has 8 nitrogen and oxygen atoms in total. The summed E-state index contributed by atoms with van der Waals surface area (Å²) in [5, 5.41) is 19.3. The maximum Gasteiger partial charge on any atom is 0.315 e. The van der Waals surface area contributed by atoms with Crippen molar-refractivity contribution in [2.75, 3.05) is 5.06 Å². The van der Waals surface area contributed by atoms with Crippen molar-refractivity contribution < 1.29 is 10.4 Å². The van der Waals surface area contributed by atoms with Gasteiger partial charge in [-0.25, -0.2) is 5.06 Å². The zero-order valence-electron chi connectivity index (χ0n) is 7.27. The molecule has 0 bridgehead atoms. The van der Waals surface area contributed by atoms with Crippen LogP contribution in [0.15, 0.2) is 9.59 Å². The maximum atomic E-state index is 11.0. The number of nitrogens with zero attached hydrogens (tertiary/aromatic N) is 2. The summed E-state index contributed by atoms with van der Waals surface area (Å²) < 4.78 is 0. The van der Waals surface area contributed by atoms with Crippen molar-refractivity contribution in [3.63, 3.8) is 0 Å². The minimum atomic E-state index is -0.883. The second-order valence-corrected chi connectivity index (χ2v) is 3.81. The van der Waals surface area contributed by atoms with Gasteiger partial charge in [0.1, 0.15) is 0 Å². The normalized spacial score (nSPS) is 21.5. The lowest BCUT2D eigenvalue weighted by molar-refractivity contribution is -0.129. The zero-order valence-corrected chi connectivity index (χ0v) is 8.85. The Balaban J connectivity index is 2.61. The van der Waals surface area contributed by atoms with Gasteiger partial charge in [0.2, 0.25) is 0 Å². The van der Waals surface area contributed by atoms with Crippen molar-refractivity contribution in [3.8, 4) is 0 Å². The Labute approximate surface area is 90.8 Å². The summed E-state index contributed by atoms with van der Waals surface area (Å²) in [6, 6.07) is 0.